The Balaban J connectivity index is 2.30. The molecule has 19 heavy (non-hydrogen) atoms. The molecule has 1 aromatic rings. The summed E-state index contributed by atoms with van der Waals surface area (Å²) in [5.41, 5.74) is 12.2. The fourth-order valence-electron chi connectivity index (χ4n) is 2.24. The second-order valence-corrected chi connectivity index (χ2v) is 4.67. The minimum Gasteiger partial charge on any atom is -0.369 e. The average molecular weight is 261 g/mol. The molecule has 0 bridgehead atoms. The first kappa shape index (κ1) is 13.1. The molecule has 100 valence electrons. The molecule has 6 nitrogen and oxygen atoms in total. The number of anilines is 1. The summed E-state index contributed by atoms with van der Waals surface area (Å²) >= 11 is 0. The van der Waals surface area contributed by atoms with Crippen LogP contribution >= 0.6 is 0 Å². The van der Waals surface area contributed by atoms with Crippen LogP contribution in [0.1, 0.15) is 22.3 Å². The molecule has 1 atom stereocenters. The van der Waals surface area contributed by atoms with Gasteiger partial charge in [0.15, 0.2) is 0 Å². The number of rotatable bonds is 3. The Bertz CT molecular complexity index is 568. The van der Waals surface area contributed by atoms with Crippen LogP contribution in [0, 0.1) is 12.8 Å². The summed E-state index contributed by atoms with van der Waals surface area (Å²) in [5, 5.41) is 0. The molecule has 0 aromatic heterocycles. The van der Waals surface area contributed by atoms with Crippen LogP contribution in [0.2, 0.25) is 0 Å². The van der Waals surface area contributed by atoms with Crippen LogP contribution in [-0.2, 0) is 9.59 Å². The molecule has 1 heterocycles. The summed E-state index contributed by atoms with van der Waals surface area (Å²) in [6.45, 7) is 2.07. The van der Waals surface area contributed by atoms with Crippen LogP contribution in [0.4, 0.5) is 5.69 Å². The summed E-state index contributed by atoms with van der Waals surface area (Å²) in [6, 6.07) is 4.86. The lowest BCUT2D eigenvalue weighted by molar-refractivity contribution is -0.123. The van der Waals surface area contributed by atoms with Gasteiger partial charge in [0.1, 0.15) is 0 Å². The molecular weight excluding hydrogens is 246 g/mol. The van der Waals surface area contributed by atoms with E-state index in [2.05, 4.69) is 0 Å². The van der Waals surface area contributed by atoms with Gasteiger partial charge in [-0.25, -0.2) is 0 Å². The van der Waals surface area contributed by atoms with Gasteiger partial charge in [-0.3, -0.25) is 14.4 Å². The summed E-state index contributed by atoms with van der Waals surface area (Å²) in [4.78, 5) is 35.6. The highest BCUT2D eigenvalue weighted by Gasteiger charge is 2.34. The second-order valence-electron chi connectivity index (χ2n) is 4.67. The number of carbonyl (C=O) groups is 3. The minimum absolute atomic E-state index is 0.131. The van der Waals surface area contributed by atoms with Gasteiger partial charge in [-0.2, -0.15) is 0 Å². The lowest BCUT2D eigenvalue weighted by Crippen LogP contribution is -2.29. The fraction of sp³-hybridized carbons (Fsp3) is 0.308. The van der Waals surface area contributed by atoms with Crippen molar-refractivity contribution < 1.29 is 14.4 Å². The number of aryl methyl sites for hydroxylation is 1. The number of hydrogen-bond acceptors (Lipinski definition) is 3. The normalized spacial score (nSPS) is 18.7. The predicted octanol–water partition coefficient (Wildman–Crippen LogP) is -0.0679. The predicted molar refractivity (Wildman–Crippen MR) is 69.4 cm³/mol. The molecule has 1 fully saturated rings. The maximum absolute atomic E-state index is 11.9. The zero-order valence-electron chi connectivity index (χ0n) is 10.6. The van der Waals surface area contributed by atoms with Gasteiger partial charge in [0, 0.05) is 24.2 Å². The molecule has 0 radical (unpaired) electrons. The van der Waals surface area contributed by atoms with Gasteiger partial charge in [0.2, 0.25) is 17.7 Å². The van der Waals surface area contributed by atoms with Crippen molar-refractivity contribution in [2.24, 2.45) is 17.4 Å². The first-order valence-electron chi connectivity index (χ1n) is 5.90. The molecule has 6 heteroatoms. The molecule has 1 unspecified atom stereocenters. The first-order chi connectivity index (χ1) is 8.90. The maximum Gasteiger partial charge on any atom is 0.248 e. The molecule has 0 spiro atoms. The molecule has 1 aromatic carbocycles. The number of nitrogens with two attached hydrogens (primary N) is 2. The van der Waals surface area contributed by atoms with E-state index in [1.807, 2.05) is 0 Å². The fourth-order valence-corrected chi connectivity index (χ4v) is 2.24. The van der Waals surface area contributed by atoms with Crippen molar-refractivity contribution in [3.63, 3.8) is 0 Å². The third kappa shape index (κ3) is 2.42. The third-order valence-electron chi connectivity index (χ3n) is 3.30. The average Bonchev–Trinajstić information content (AvgIpc) is 2.71. The number of nitrogens with zero attached hydrogens (tertiary/aromatic N) is 1. The van der Waals surface area contributed by atoms with Gasteiger partial charge in [0.05, 0.1) is 5.92 Å². The van der Waals surface area contributed by atoms with E-state index in [0.29, 0.717) is 11.3 Å². The second kappa shape index (κ2) is 4.72. The Kier molecular flexibility index (Phi) is 3.25. The molecular formula is C13H15N3O3. The van der Waals surface area contributed by atoms with Gasteiger partial charge in [-0.1, -0.05) is 0 Å². The minimum atomic E-state index is -0.516. The van der Waals surface area contributed by atoms with Gasteiger partial charge in [-0.15, -0.1) is 0 Å². The van der Waals surface area contributed by atoms with Crippen molar-refractivity contribution in [3.8, 4) is 0 Å². The first-order valence-corrected chi connectivity index (χ1v) is 5.90. The topological polar surface area (TPSA) is 106 Å². The molecule has 0 saturated carbocycles. The molecule has 1 aliphatic rings. The quantitative estimate of drug-likeness (QED) is 0.795. The summed E-state index contributed by atoms with van der Waals surface area (Å²) in [6.07, 6.45) is 0.131. The van der Waals surface area contributed by atoms with Crippen LogP contribution in [0.15, 0.2) is 18.2 Å². The van der Waals surface area contributed by atoms with Crippen molar-refractivity contribution in [2.45, 2.75) is 13.3 Å². The van der Waals surface area contributed by atoms with Gasteiger partial charge in [0.25, 0.3) is 0 Å². The molecule has 1 aliphatic heterocycles. The summed E-state index contributed by atoms with van der Waals surface area (Å²) < 4.78 is 0. The van der Waals surface area contributed by atoms with E-state index >= 15 is 0 Å². The molecule has 4 N–H and O–H groups in total. The van der Waals surface area contributed by atoms with E-state index in [4.69, 9.17) is 11.5 Å². The van der Waals surface area contributed by atoms with E-state index in [9.17, 15) is 14.4 Å². The van der Waals surface area contributed by atoms with Crippen molar-refractivity contribution >= 4 is 23.4 Å². The van der Waals surface area contributed by atoms with Crippen molar-refractivity contribution in [3.05, 3.63) is 29.3 Å². The largest absolute Gasteiger partial charge is 0.369 e. The summed E-state index contributed by atoms with van der Waals surface area (Å²) in [7, 11) is 0. The highest BCUT2D eigenvalue weighted by Crippen LogP contribution is 2.28. The maximum atomic E-state index is 11.9. The van der Waals surface area contributed by atoms with Gasteiger partial charge in [-0.05, 0) is 30.7 Å². The van der Waals surface area contributed by atoms with Crippen molar-refractivity contribution in [2.75, 3.05) is 11.4 Å². The van der Waals surface area contributed by atoms with E-state index in [1.165, 1.54) is 4.90 Å². The Labute approximate surface area is 110 Å². The number of amides is 3. The highest BCUT2D eigenvalue weighted by molar-refractivity contribution is 6.01. The van der Waals surface area contributed by atoms with E-state index in [-0.39, 0.29) is 18.9 Å². The van der Waals surface area contributed by atoms with E-state index < -0.39 is 17.7 Å². The zero-order chi connectivity index (χ0) is 14.2. The number of hydrogen-bond donors (Lipinski definition) is 2. The summed E-state index contributed by atoms with van der Waals surface area (Å²) in [5.74, 6) is -1.58. The highest BCUT2D eigenvalue weighted by atomic mass is 16.2. The third-order valence-corrected chi connectivity index (χ3v) is 3.30. The van der Waals surface area contributed by atoms with Crippen molar-refractivity contribution in [1.82, 2.24) is 0 Å². The number of carbonyl (C=O) groups excluding carboxylic acids is 3. The Morgan fingerprint density at radius 3 is 2.47 bits per heavy atom. The molecule has 3 amide bonds. The van der Waals surface area contributed by atoms with Crippen LogP contribution < -0.4 is 16.4 Å². The molecule has 1 saturated heterocycles. The SMILES string of the molecule is Cc1cc(C(N)=O)ccc1N1CC(C(N)=O)CC1=O. The van der Waals surface area contributed by atoms with Crippen LogP contribution in [0.3, 0.4) is 0 Å². The number of primary amides is 2. The van der Waals surface area contributed by atoms with Gasteiger partial charge < -0.3 is 16.4 Å². The van der Waals surface area contributed by atoms with Gasteiger partial charge >= 0.3 is 0 Å². The Morgan fingerprint density at radius 2 is 2.00 bits per heavy atom. The lowest BCUT2D eigenvalue weighted by atomic mass is 10.1. The molecule has 2 rings (SSSR count). The Hall–Kier alpha value is -2.37. The van der Waals surface area contributed by atoms with Crippen LogP contribution in [-0.4, -0.2) is 24.3 Å². The van der Waals surface area contributed by atoms with Crippen LogP contribution in [0.5, 0.6) is 0 Å². The monoisotopic (exact) mass is 261 g/mol. The number of benzene rings is 1. The zero-order valence-corrected chi connectivity index (χ0v) is 10.6. The molecule has 0 aliphatic carbocycles. The van der Waals surface area contributed by atoms with Crippen molar-refractivity contribution in [1.29, 1.82) is 0 Å². The van der Waals surface area contributed by atoms with E-state index in [1.54, 1.807) is 25.1 Å². The van der Waals surface area contributed by atoms with Crippen LogP contribution in [0.25, 0.3) is 0 Å². The lowest BCUT2D eigenvalue weighted by Gasteiger charge is -2.19. The Morgan fingerprint density at radius 1 is 1.32 bits per heavy atom. The smallest absolute Gasteiger partial charge is 0.248 e. The van der Waals surface area contributed by atoms with E-state index in [0.717, 1.165) is 5.56 Å². The standard InChI is InChI=1S/C13H15N3O3/c1-7-4-8(12(14)18)2-3-10(7)16-6-9(13(15)19)5-11(16)17/h2-4,9H,5-6H2,1H3,(H2,14,18)(H2,15,19).